The molecule has 0 amide bonds. The molecule has 5 heteroatoms. The van der Waals surface area contributed by atoms with E-state index in [1.165, 1.54) is 10.9 Å². The van der Waals surface area contributed by atoms with Gasteiger partial charge in [0, 0.05) is 24.7 Å². The number of aryl methyl sites for hydroxylation is 1. The fraction of sp³-hybridized carbons (Fsp3) is 0.182. The average Bonchev–Trinajstić information content (AvgIpc) is 3.02. The Hall–Kier alpha value is -2.69. The van der Waals surface area contributed by atoms with Crippen LogP contribution in [-0.2, 0) is 13.1 Å². The van der Waals surface area contributed by atoms with E-state index in [9.17, 15) is 0 Å². The Morgan fingerprint density at radius 1 is 1.00 bits per heavy atom. The number of benzene rings is 2. The van der Waals surface area contributed by atoms with Crippen molar-refractivity contribution in [3.05, 3.63) is 82.8 Å². The summed E-state index contributed by atoms with van der Waals surface area (Å²) in [6.45, 7) is 3.44. The molecule has 4 aromatic rings. The number of oxazole rings is 1. The van der Waals surface area contributed by atoms with E-state index in [0.29, 0.717) is 17.5 Å². The highest BCUT2D eigenvalue weighted by molar-refractivity contribution is 6.33. The number of hydrogen-bond acceptors (Lipinski definition) is 4. The molecule has 0 bridgehead atoms. The van der Waals surface area contributed by atoms with Crippen molar-refractivity contribution in [2.45, 2.75) is 20.0 Å². The summed E-state index contributed by atoms with van der Waals surface area (Å²) in [6.07, 6.45) is 1.82. The standard InChI is InChI=1S/C22H20ClN3O/c1-15-21(25-22(27-15)18-8-3-4-10-19(18)23)14-26(2)13-16-7-5-11-20-17(16)9-6-12-24-20/h3-12H,13-14H2,1-2H3. The molecule has 2 aromatic carbocycles. The lowest BCUT2D eigenvalue weighted by Gasteiger charge is -2.16. The molecule has 0 saturated carbocycles. The van der Waals surface area contributed by atoms with Crippen LogP contribution in [0.3, 0.4) is 0 Å². The average molecular weight is 378 g/mol. The molecule has 0 N–H and O–H groups in total. The third kappa shape index (κ3) is 3.72. The molecule has 0 saturated heterocycles. The van der Waals surface area contributed by atoms with E-state index in [2.05, 4.69) is 40.1 Å². The van der Waals surface area contributed by atoms with Gasteiger partial charge in [-0.15, -0.1) is 0 Å². The minimum Gasteiger partial charge on any atom is -0.441 e. The SMILES string of the molecule is Cc1oc(-c2ccccc2Cl)nc1CN(C)Cc1cccc2ncccc12. The van der Waals surface area contributed by atoms with E-state index in [0.717, 1.165) is 29.1 Å². The number of aromatic nitrogens is 2. The Labute approximate surface area is 163 Å². The summed E-state index contributed by atoms with van der Waals surface area (Å²) < 4.78 is 5.87. The highest BCUT2D eigenvalue weighted by Crippen LogP contribution is 2.29. The van der Waals surface area contributed by atoms with Crippen molar-refractivity contribution < 1.29 is 4.42 Å². The summed E-state index contributed by atoms with van der Waals surface area (Å²) in [5.74, 6) is 1.38. The Morgan fingerprint density at radius 2 is 1.85 bits per heavy atom. The molecule has 0 fully saturated rings. The Balaban J connectivity index is 1.55. The van der Waals surface area contributed by atoms with Crippen LogP contribution in [0.5, 0.6) is 0 Å². The summed E-state index contributed by atoms with van der Waals surface area (Å²) in [5, 5.41) is 1.82. The second kappa shape index (κ2) is 7.51. The van der Waals surface area contributed by atoms with Gasteiger partial charge in [0.2, 0.25) is 5.89 Å². The lowest BCUT2D eigenvalue weighted by Crippen LogP contribution is -2.18. The predicted molar refractivity (Wildman–Crippen MR) is 109 cm³/mol. The van der Waals surface area contributed by atoms with Crippen LogP contribution >= 0.6 is 11.6 Å². The van der Waals surface area contributed by atoms with Crippen molar-refractivity contribution in [1.82, 2.24) is 14.9 Å². The van der Waals surface area contributed by atoms with E-state index in [4.69, 9.17) is 16.0 Å². The maximum absolute atomic E-state index is 6.27. The second-order valence-corrected chi connectivity index (χ2v) is 7.07. The van der Waals surface area contributed by atoms with Gasteiger partial charge in [-0.2, -0.15) is 0 Å². The van der Waals surface area contributed by atoms with Crippen molar-refractivity contribution in [1.29, 1.82) is 0 Å². The van der Waals surface area contributed by atoms with Gasteiger partial charge in [0.05, 0.1) is 21.8 Å². The zero-order valence-electron chi connectivity index (χ0n) is 15.3. The molecule has 0 unspecified atom stereocenters. The van der Waals surface area contributed by atoms with Crippen LogP contribution < -0.4 is 0 Å². The maximum Gasteiger partial charge on any atom is 0.228 e. The smallest absolute Gasteiger partial charge is 0.228 e. The van der Waals surface area contributed by atoms with Crippen LogP contribution in [0.4, 0.5) is 0 Å². The molecule has 2 heterocycles. The van der Waals surface area contributed by atoms with Gasteiger partial charge in [-0.25, -0.2) is 4.98 Å². The van der Waals surface area contributed by atoms with Crippen molar-refractivity contribution in [2.75, 3.05) is 7.05 Å². The third-order valence-electron chi connectivity index (χ3n) is 4.59. The quantitative estimate of drug-likeness (QED) is 0.461. The van der Waals surface area contributed by atoms with Gasteiger partial charge in [0.15, 0.2) is 0 Å². The van der Waals surface area contributed by atoms with Crippen LogP contribution in [0, 0.1) is 6.92 Å². The molecule has 4 nitrogen and oxygen atoms in total. The molecule has 27 heavy (non-hydrogen) atoms. The van der Waals surface area contributed by atoms with Gasteiger partial charge >= 0.3 is 0 Å². The van der Waals surface area contributed by atoms with Crippen LogP contribution in [0.2, 0.25) is 5.02 Å². The van der Waals surface area contributed by atoms with Gasteiger partial charge in [-0.1, -0.05) is 41.9 Å². The van der Waals surface area contributed by atoms with E-state index < -0.39 is 0 Å². The van der Waals surface area contributed by atoms with Crippen LogP contribution in [0.1, 0.15) is 17.0 Å². The number of hydrogen-bond donors (Lipinski definition) is 0. The zero-order valence-corrected chi connectivity index (χ0v) is 16.1. The molecule has 0 aliphatic rings. The summed E-state index contributed by atoms with van der Waals surface area (Å²) in [5.41, 5.74) is 4.00. The normalized spacial score (nSPS) is 11.4. The molecule has 0 spiro atoms. The van der Waals surface area contributed by atoms with Gasteiger partial charge in [-0.05, 0) is 43.8 Å². The van der Waals surface area contributed by atoms with Crippen LogP contribution in [0.15, 0.2) is 65.2 Å². The third-order valence-corrected chi connectivity index (χ3v) is 4.92. The highest BCUT2D eigenvalue weighted by atomic mass is 35.5. The summed E-state index contributed by atoms with van der Waals surface area (Å²) in [7, 11) is 2.08. The number of pyridine rings is 1. The Morgan fingerprint density at radius 3 is 2.70 bits per heavy atom. The van der Waals surface area contributed by atoms with Gasteiger partial charge in [0.25, 0.3) is 0 Å². The minimum atomic E-state index is 0.566. The fourth-order valence-electron chi connectivity index (χ4n) is 3.23. The number of rotatable bonds is 5. The van der Waals surface area contributed by atoms with E-state index in [-0.39, 0.29) is 0 Å². The number of nitrogens with zero attached hydrogens (tertiary/aromatic N) is 3. The lowest BCUT2D eigenvalue weighted by molar-refractivity contribution is 0.314. The monoisotopic (exact) mass is 377 g/mol. The van der Waals surface area contributed by atoms with Crippen LogP contribution in [0.25, 0.3) is 22.4 Å². The molecular formula is C22H20ClN3O. The molecule has 2 aromatic heterocycles. The molecule has 4 rings (SSSR count). The predicted octanol–water partition coefficient (Wildman–Crippen LogP) is 5.48. The lowest BCUT2D eigenvalue weighted by atomic mass is 10.1. The zero-order chi connectivity index (χ0) is 18.8. The first kappa shape index (κ1) is 17.7. The van der Waals surface area contributed by atoms with E-state index >= 15 is 0 Å². The first-order valence-electron chi connectivity index (χ1n) is 8.84. The molecule has 0 aliphatic heterocycles. The molecule has 136 valence electrons. The van der Waals surface area contributed by atoms with Crippen molar-refractivity contribution >= 4 is 22.5 Å². The number of fused-ring (bicyclic) bond motifs is 1. The van der Waals surface area contributed by atoms with Gasteiger partial charge in [-0.3, -0.25) is 9.88 Å². The van der Waals surface area contributed by atoms with Crippen LogP contribution in [-0.4, -0.2) is 21.9 Å². The van der Waals surface area contributed by atoms with Gasteiger partial charge < -0.3 is 4.42 Å². The Bertz CT molecular complexity index is 1080. The first-order valence-corrected chi connectivity index (χ1v) is 9.22. The minimum absolute atomic E-state index is 0.566. The topological polar surface area (TPSA) is 42.2 Å². The van der Waals surface area contributed by atoms with Crippen molar-refractivity contribution in [3.63, 3.8) is 0 Å². The number of halogens is 1. The molecule has 0 aliphatic carbocycles. The van der Waals surface area contributed by atoms with E-state index in [1.807, 2.05) is 49.5 Å². The van der Waals surface area contributed by atoms with Crippen molar-refractivity contribution in [3.8, 4) is 11.5 Å². The summed E-state index contributed by atoms with van der Waals surface area (Å²) in [4.78, 5) is 11.3. The summed E-state index contributed by atoms with van der Waals surface area (Å²) in [6, 6.07) is 17.9. The van der Waals surface area contributed by atoms with E-state index in [1.54, 1.807) is 0 Å². The fourth-order valence-corrected chi connectivity index (χ4v) is 3.45. The summed E-state index contributed by atoms with van der Waals surface area (Å²) >= 11 is 6.27. The van der Waals surface area contributed by atoms with Crippen molar-refractivity contribution in [2.24, 2.45) is 0 Å². The second-order valence-electron chi connectivity index (χ2n) is 6.66. The highest BCUT2D eigenvalue weighted by Gasteiger charge is 2.15. The maximum atomic E-state index is 6.27. The largest absolute Gasteiger partial charge is 0.441 e. The molecular weight excluding hydrogens is 358 g/mol. The molecule has 0 radical (unpaired) electrons. The first-order chi connectivity index (χ1) is 13.1. The van der Waals surface area contributed by atoms with Gasteiger partial charge in [0.1, 0.15) is 5.76 Å². The Kier molecular flexibility index (Phi) is 4.92. The molecule has 0 atom stereocenters.